The van der Waals surface area contributed by atoms with E-state index in [1.54, 1.807) is 0 Å². The van der Waals surface area contributed by atoms with Gasteiger partial charge in [0.15, 0.2) is 0 Å². The molecule has 45 heavy (non-hydrogen) atoms. The first-order valence-electron chi connectivity index (χ1n) is 16.5. The summed E-state index contributed by atoms with van der Waals surface area (Å²) >= 11 is 0. The molecule has 0 amide bonds. The molecule has 4 aromatic carbocycles. The molecule has 2 aliphatic heterocycles. The smallest absolute Gasteiger partial charge is 0.0596 e. The van der Waals surface area contributed by atoms with Crippen molar-refractivity contribution < 1.29 is 5.11 Å². The minimum Gasteiger partial charge on any atom is -0.395 e. The van der Waals surface area contributed by atoms with Crippen LogP contribution in [-0.2, 0) is 5.41 Å². The van der Waals surface area contributed by atoms with Crippen LogP contribution in [-0.4, -0.2) is 28.7 Å². The van der Waals surface area contributed by atoms with Gasteiger partial charge in [0.25, 0.3) is 0 Å². The molecule has 2 saturated heterocycles. The van der Waals surface area contributed by atoms with Gasteiger partial charge in [0.2, 0.25) is 0 Å². The Morgan fingerprint density at radius 1 is 0.733 bits per heavy atom. The zero-order valence-electron chi connectivity index (χ0n) is 25.3. The number of aliphatic hydroxyl groups is 1. The van der Waals surface area contributed by atoms with Crippen LogP contribution in [0.25, 0.3) is 10.8 Å². The van der Waals surface area contributed by atoms with E-state index in [2.05, 4.69) is 157 Å². The lowest BCUT2D eigenvalue weighted by Crippen LogP contribution is -2.56. The number of nitrogens with zero attached hydrogens (tertiary/aromatic N) is 1. The van der Waals surface area contributed by atoms with Gasteiger partial charge in [-0.2, -0.15) is 0 Å². The molecule has 3 aliphatic carbocycles. The fraction of sp³-hybridized carbons (Fsp3) is 0.209. The largest absolute Gasteiger partial charge is 0.395 e. The summed E-state index contributed by atoms with van der Waals surface area (Å²) in [6.45, 7) is 0.0651. The average molecular weight is 584 g/mol. The Hall–Kier alpha value is -4.66. The third-order valence-electron chi connectivity index (χ3n) is 11.1. The molecule has 0 radical (unpaired) electrons. The van der Waals surface area contributed by atoms with Gasteiger partial charge in [0.05, 0.1) is 24.1 Å². The van der Waals surface area contributed by atoms with Crippen LogP contribution < -0.4 is 0 Å². The molecular formula is C43H37NO. The lowest BCUT2D eigenvalue weighted by molar-refractivity contribution is 0.175. The van der Waals surface area contributed by atoms with E-state index in [0.717, 1.165) is 18.4 Å². The summed E-state index contributed by atoms with van der Waals surface area (Å²) in [5.41, 5.74) is 9.04. The molecule has 0 saturated carbocycles. The Morgan fingerprint density at radius 3 is 2.36 bits per heavy atom. The monoisotopic (exact) mass is 583 g/mol. The van der Waals surface area contributed by atoms with Crippen molar-refractivity contribution in [2.75, 3.05) is 6.61 Å². The van der Waals surface area contributed by atoms with Crippen molar-refractivity contribution in [2.24, 2.45) is 11.8 Å². The van der Waals surface area contributed by atoms with Crippen LogP contribution in [0.2, 0.25) is 0 Å². The number of aliphatic hydroxyl groups excluding tert-OH is 1. The summed E-state index contributed by atoms with van der Waals surface area (Å²) in [5, 5.41) is 13.2. The maximum Gasteiger partial charge on any atom is 0.0596 e. The second kappa shape index (κ2) is 10.5. The molecule has 0 spiro atoms. The van der Waals surface area contributed by atoms with Gasteiger partial charge in [-0.15, -0.1) is 0 Å². The Bertz CT molecular complexity index is 1970. The van der Waals surface area contributed by atoms with Crippen LogP contribution in [0.3, 0.4) is 0 Å². The highest BCUT2D eigenvalue weighted by Gasteiger charge is 2.60. The van der Waals surface area contributed by atoms with Crippen LogP contribution >= 0.6 is 0 Å². The molecule has 0 aromatic heterocycles. The third kappa shape index (κ3) is 3.79. The maximum absolute atomic E-state index is 10.8. The van der Waals surface area contributed by atoms with Gasteiger partial charge in [-0.05, 0) is 57.0 Å². The molecule has 9 rings (SSSR count). The van der Waals surface area contributed by atoms with Gasteiger partial charge in [0.1, 0.15) is 0 Å². The second-order valence-electron chi connectivity index (χ2n) is 13.1. The first-order valence-corrected chi connectivity index (χ1v) is 16.5. The molecular weight excluding hydrogens is 546 g/mol. The number of rotatable bonds is 5. The van der Waals surface area contributed by atoms with Crippen LogP contribution in [0.1, 0.15) is 41.0 Å². The van der Waals surface area contributed by atoms with Gasteiger partial charge >= 0.3 is 0 Å². The molecule has 220 valence electrons. The highest BCUT2D eigenvalue weighted by atomic mass is 16.3. The molecule has 6 atom stereocenters. The fourth-order valence-electron chi connectivity index (χ4n) is 9.31. The molecule has 4 aromatic rings. The van der Waals surface area contributed by atoms with Gasteiger partial charge in [0, 0.05) is 23.5 Å². The molecule has 2 nitrogen and oxygen atoms in total. The van der Waals surface area contributed by atoms with Crippen LogP contribution in [0.5, 0.6) is 0 Å². The zero-order valence-corrected chi connectivity index (χ0v) is 25.3. The Balaban J connectivity index is 1.23. The van der Waals surface area contributed by atoms with Gasteiger partial charge in [-0.1, -0.05) is 152 Å². The van der Waals surface area contributed by atoms with E-state index in [1.807, 2.05) is 0 Å². The standard InChI is InChI=1S/C43H37NO/c45-28-37(34-18-10-13-29-12-4-5-16-33(29)34)30-24-26-32(27-25-30)43(31-14-2-1-3-15-31)38-20-7-9-23-41(38)44-40-22-8-6-17-35(40)36-19-11-21-39(43)42(36)44/h1-6,8,10-27,35,37,39-40,42,45H,7,9,28H2/t35?,37?,39?,40-,42-,43?/m0/s1. The number of fused-ring (bicyclic) bond motifs is 6. The zero-order chi connectivity index (χ0) is 30.0. The first-order chi connectivity index (χ1) is 22.3. The second-order valence-corrected chi connectivity index (χ2v) is 13.1. The van der Waals surface area contributed by atoms with Crippen LogP contribution in [0.4, 0.5) is 0 Å². The molecule has 5 aliphatic rings. The highest BCUT2D eigenvalue weighted by molar-refractivity contribution is 5.86. The maximum atomic E-state index is 10.8. The number of benzene rings is 4. The summed E-state index contributed by atoms with van der Waals surface area (Å²) in [5.74, 6) is 0.549. The SMILES string of the molecule is OCC(c1ccc(C2(c3ccccc3)C3=CCCC=C3N3[C@H]4C=CC=CC4C4=CC=CC2[C@H]43)cc1)c1cccc2ccccc12. The highest BCUT2D eigenvalue weighted by Crippen LogP contribution is 2.62. The predicted molar refractivity (Wildman–Crippen MR) is 184 cm³/mol. The van der Waals surface area contributed by atoms with Crippen molar-refractivity contribution in [1.82, 2.24) is 4.90 Å². The molecule has 0 bridgehead atoms. The van der Waals surface area contributed by atoms with Crippen molar-refractivity contribution in [3.8, 4) is 0 Å². The number of piperidine rings is 1. The minimum absolute atomic E-state index is 0.0651. The van der Waals surface area contributed by atoms with E-state index < -0.39 is 0 Å². The summed E-state index contributed by atoms with van der Waals surface area (Å²) in [6, 6.07) is 36.1. The van der Waals surface area contributed by atoms with Crippen molar-refractivity contribution in [3.63, 3.8) is 0 Å². The van der Waals surface area contributed by atoms with E-state index in [9.17, 15) is 5.11 Å². The lowest BCUT2D eigenvalue weighted by Gasteiger charge is -2.56. The fourth-order valence-corrected chi connectivity index (χ4v) is 9.31. The lowest BCUT2D eigenvalue weighted by atomic mass is 9.54. The molecule has 2 heterocycles. The van der Waals surface area contributed by atoms with Gasteiger partial charge < -0.3 is 10.0 Å². The van der Waals surface area contributed by atoms with E-state index in [-0.39, 0.29) is 23.9 Å². The predicted octanol–water partition coefficient (Wildman–Crippen LogP) is 8.78. The molecule has 2 fully saturated rings. The number of hydrogen-bond acceptors (Lipinski definition) is 2. The number of hydrogen-bond donors (Lipinski definition) is 1. The van der Waals surface area contributed by atoms with Crippen LogP contribution in [0, 0.1) is 11.8 Å². The van der Waals surface area contributed by atoms with E-state index in [0.29, 0.717) is 18.0 Å². The summed E-state index contributed by atoms with van der Waals surface area (Å²) < 4.78 is 0. The van der Waals surface area contributed by atoms with Gasteiger partial charge in [-0.25, -0.2) is 0 Å². The first kappa shape index (κ1) is 26.7. The Labute approximate surface area is 265 Å². The van der Waals surface area contributed by atoms with Crippen molar-refractivity contribution in [1.29, 1.82) is 0 Å². The van der Waals surface area contributed by atoms with Crippen LogP contribution in [0.15, 0.2) is 169 Å². The van der Waals surface area contributed by atoms with Crippen molar-refractivity contribution >= 4 is 10.8 Å². The summed E-state index contributed by atoms with van der Waals surface area (Å²) in [6.07, 6.45) is 23.7. The van der Waals surface area contributed by atoms with E-state index >= 15 is 0 Å². The summed E-state index contributed by atoms with van der Waals surface area (Å²) in [7, 11) is 0. The van der Waals surface area contributed by atoms with Crippen molar-refractivity contribution in [2.45, 2.75) is 36.3 Å². The molecule has 1 N–H and O–H groups in total. The van der Waals surface area contributed by atoms with E-state index in [4.69, 9.17) is 0 Å². The molecule has 2 heteroatoms. The third-order valence-corrected chi connectivity index (χ3v) is 11.1. The Morgan fingerprint density at radius 2 is 1.49 bits per heavy atom. The normalized spacial score (nSPS) is 28.1. The minimum atomic E-state index is -0.335. The Kier molecular flexibility index (Phi) is 6.21. The van der Waals surface area contributed by atoms with Gasteiger partial charge in [-0.3, -0.25) is 0 Å². The number of allylic oxidation sites excluding steroid dienone is 7. The van der Waals surface area contributed by atoms with E-state index in [1.165, 1.54) is 44.3 Å². The summed E-state index contributed by atoms with van der Waals surface area (Å²) in [4.78, 5) is 2.76. The van der Waals surface area contributed by atoms with Crippen molar-refractivity contribution in [3.05, 3.63) is 191 Å². The average Bonchev–Trinajstić information content (AvgIpc) is 3.45. The quantitative estimate of drug-likeness (QED) is 0.254. The molecule has 4 unspecified atom stereocenters. The topological polar surface area (TPSA) is 23.5 Å².